The molecule has 1 N–H and O–H groups in total. The molecule has 0 bridgehead atoms. The third-order valence-electron chi connectivity index (χ3n) is 1.48. The van der Waals surface area contributed by atoms with Crippen molar-refractivity contribution in [3.63, 3.8) is 0 Å². The summed E-state index contributed by atoms with van der Waals surface area (Å²) < 4.78 is 4.24. The fraction of sp³-hybridized carbons (Fsp3) is 0.750. The minimum atomic E-state index is 0.429. The smallest absolute Gasteiger partial charge is 0.202 e. The zero-order valence-corrected chi connectivity index (χ0v) is 8.61. The predicted octanol–water partition coefficient (Wildman–Crippen LogP) is 2.48. The van der Waals surface area contributed by atoms with Crippen LogP contribution in [0.15, 0.2) is 0 Å². The number of nitrogens with zero attached hydrogens (tertiary/aromatic N) is 2. The van der Waals surface area contributed by atoms with Crippen molar-refractivity contribution in [1.82, 2.24) is 9.36 Å². The molecule has 1 aromatic heterocycles. The van der Waals surface area contributed by atoms with Crippen molar-refractivity contribution in [2.75, 3.05) is 11.9 Å². The quantitative estimate of drug-likeness (QED) is 0.783. The topological polar surface area (TPSA) is 37.8 Å². The number of rotatable bonds is 4. The van der Waals surface area contributed by atoms with Crippen LogP contribution in [0.25, 0.3) is 0 Å². The van der Waals surface area contributed by atoms with Gasteiger partial charge in [0.05, 0.1) is 0 Å². The van der Waals surface area contributed by atoms with Gasteiger partial charge in [0.25, 0.3) is 0 Å². The van der Waals surface area contributed by atoms with Gasteiger partial charge in [0.15, 0.2) is 0 Å². The lowest BCUT2D eigenvalue weighted by atomic mass is 10.2. The maximum Gasteiger partial charge on any atom is 0.202 e. The van der Waals surface area contributed by atoms with E-state index in [2.05, 4.69) is 35.4 Å². The zero-order chi connectivity index (χ0) is 8.97. The van der Waals surface area contributed by atoms with Gasteiger partial charge in [-0.1, -0.05) is 20.8 Å². The Morgan fingerprint density at radius 3 is 2.75 bits per heavy atom. The van der Waals surface area contributed by atoms with Crippen LogP contribution >= 0.6 is 11.5 Å². The fourth-order valence-electron chi connectivity index (χ4n) is 0.773. The van der Waals surface area contributed by atoms with Crippen LogP contribution in [0.5, 0.6) is 0 Å². The van der Waals surface area contributed by atoms with Gasteiger partial charge in [0.1, 0.15) is 5.82 Å². The summed E-state index contributed by atoms with van der Waals surface area (Å²) in [6, 6.07) is 0. The molecule has 0 aliphatic heterocycles. The van der Waals surface area contributed by atoms with Gasteiger partial charge >= 0.3 is 0 Å². The summed E-state index contributed by atoms with van der Waals surface area (Å²) in [4.78, 5) is 4.34. The van der Waals surface area contributed by atoms with E-state index >= 15 is 0 Å². The standard InChI is InChI=1S/C8H15N3S/c1-4-5-9-8-10-7(6(2)3)11-12-8/h6H,4-5H2,1-3H3,(H,9,10,11). The highest BCUT2D eigenvalue weighted by Crippen LogP contribution is 2.16. The fourth-order valence-corrected chi connectivity index (χ4v) is 1.51. The van der Waals surface area contributed by atoms with E-state index in [0.717, 1.165) is 23.9 Å². The van der Waals surface area contributed by atoms with Gasteiger partial charge in [-0.2, -0.15) is 4.37 Å². The Bertz CT molecular complexity index is 232. The zero-order valence-electron chi connectivity index (χ0n) is 7.79. The van der Waals surface area contributed by atoms with Crippen LogP contribution in [0.2, 0.25) is 0 Å². The molecule has 4 heteroatoms. The van der Waals surface area contributed by atoms with Gasteiger partial charge in [0, 0.05) is 24.0 Å². The molecule has 0 atom stereocenters. The van der Waals surface area contributed by atoms with Crippen LogP contribution < -0.4 is 5.32 Å². The van der Waals surface area contributed by atoms with E-state index in [1.165, 1.54) is 11.5 Å². The Labute approximate surface area is 77.4 Å². The maximum absolute atomic E-state index is 4.34. The first-order valence-electron chi connectivity index (χ1n) is 4.31. The Morgan fingerprint density at radius 2 is 2.25 bits per heavy atom. The molecule has 68 valence electrons. The van der Waals surface area contributed by atoms with Gasteiger partial charge < -0.3 is 5.32 Å². The number of hydrogen-bond acceptors (Lipinski definition) is 4. The van der Waals surface area contributed by atoms with Crippen molar-refractivity contribution < 1.29 is 0 Å². The number of anilines is 1. The largest absolute Gasteiger partial charge is 0.360 e. The Balaban J connectivity index is 2.52. The first-order valence-corrected chi connectivity index (χ1v) is 5.08. The summed E-state index contributed by atoms with van der Waals surface area (Å²) in [5.74, 6) is 1.37. The number of hydrogen-bond donors (Lipinski definition) is 1. The van der Waals surface area contributed by atoms with E-state index in [1.807, 2.05) is 0 Å². The number of nitrogens with one attached hydrogen (secondary N) is 1. The molecule has 0 radical (unpaired) electrons. The van der Waals surface area contributed by atoms with Crippen molar-refractivity contribution in [2.24, 2.45) is 0 Å². The molecule has 0 saturated carbocycles. The summed E-state index contributed by atoms with van der Waals surface area (Å²) in [5, 5.41) is 4.16. The third kappa shape index (κ3) is 2.44. The van der Waals surface area contributed by atoms with Gasteiger partial charge in [-0.15, -0.1) is 0 Å². The van der Waals surface area contributed by atoms with E-state index in [1.54, 1.807) is 0 Å². The van der Waals surface area contributed by atoms with Crippen molar-refractivity contribution in [3.8, 4) is 0 Å². The molecule has 0 fully saturated rings. The second-order valence-electron chi connectivity index (χ2n) is 3.04. The van der Waals surface area contributed by atoms with Crippen LogP contribution in [-0.4, -0.2) is 15.9 Å². The average molecular weight is 185 g/mol. The highest BCUT2D eigenvalue weighted by atomic mass is 32.1. The van der Waals surface area contributed by atoms with Crippen LogP contribution in [0.3, 0.4) is 0 Å². The Hall–Kier alpha value is -0.640. The molecule has 1 rings (SSSR count). The third-order valence-corrected chi connectivity index (χ3v) is 2.17. The van der Waals surface area contributed by atoms with E-state index < -0.39 is 0 Å². The highest BCUT2D eigenvalue weighted by molar-refractivity contribution is 7.09. The summed E-state index contributed by atoms with van der Waals surface area (Å²) in [6.07, 6.45) is 1.12. The summed E-state index contributed by atoms with van der Waals surface area (Å²) in [7, 11) is 0. The van der Waals surface area contributed by atoms with Crippen molar-refractivity contribution in [1.29, 1.82) is 0 Å². The van der Waals surface area contributed by atoms with Crippen LogP contribution in [0, 0.1) is 0 Å². The van der Waals surface area contributed by atoms with Gasteiger partial charge in [-0.3, -0.25) is 0 Å². The minimum absolute atomic E-state index is 0.429. The van der Waals surface area contributed by atoms with Crippen molar-refractivity contribution >= 4 is 16.7 Å². The first kappa shape index (κ1) is 9.45. The van der Waals surface area contributed by atoms with E-state index in [0.29, 0.717) is 5.92 Å². The Kier molecular flexibility index (Phi) is 3.47. The van der Waals surface area contributed by atoms with E-state index in [9.17, 15) is 0 Å². The van der Waals surface area contributed by atoms with Gasteiger partial charge in [0.2, 0.25) is 5.13 Å². The van der Waals surface area contributed by atoms with Crippen LogP contribution in [0.1, 0.15) is 38.9 Å². The molecule has 1 aromatic rings. The van der Waals surface area contributed by atoms with E-state index in [-0.39, 0.29) is 0 Å². The molecule has 0 spiro atoms. The Morgan fingerprint density at radius 1 is 1.50 bits per heavy atom. The molecule has 0 saturated heterocycles. The minimum Gasteiger partial charge on any atom is -0.360 e. The van der Waals surface area contributed by atoms with Crippen molar-refractivity contribution in [3.05, 3.63) is 5.82 Å². The highest BCUT2D eigenvalue weighted by Gasteiger charge is 2.05. The molecule has 1 heterocycles. The maximum atomic E-state index is 4.34. The summed E-state index contributed by atoms with van der Waals surface area (Å²) >= 11 is 1.45. The first-order chi connectivity index (χ1) is 5.74. The normalized spacial score (nSPS) is 10.7. The van der Waals surface area contributed by atoms with E-state index in [4.69, 9.17) is 0 Å². The van der Waals surface area contributed by atoms with Gasteiger partial charge in [-0.05, 0) is 6.42 Å². The lowest BCUT2D eigenvalue weighted by Crippen LogP contribution is -1.99. The molecule has 0 unspecified atom stereocenters. The lowest BCUT2D eigenvalue weighted by molar-refractivity contribution is 0.798. The monoisotopic (exact) mass is 185 g/mol. The second kappa shape index (κ2) is 4.40. The second-order valence-corrected chi connectivity index (χ2v) is 3.79. The molecule has 0 aliphatic carbocycles. The van der Waals surface area contributed by atoms with Crippen molar-refractivity contribution in [2.45, 2.75) is 33.1 Å². The lowest BCUT2D eigenvalue weighted by Gasteiger charge is -1.97. The number of aromatic nitrogens is 2. The van der Waals surface area contributed by atoms with Gasteiger partial charge in [-0.25, -0.2) is 4.98 Å². The van der Waals surface area contributed by atoms with Crippen LogP contribution in [-0.2, 0) is 0 Å². The molecular formula is C8H15N3S. The molecular weight excluding hydrogens is 170 g/mol. The molecule has 0 aromatic carbocycles. The SMILES string of the molecule is CCCNc1nc(C(C)C)ns1. The summed E-state index contributed by atoms with van der Waals surface area (Å²) in [6.45, 7) is 7.32. The average Bonchev–Trinajstić information content (AvgIpc) is 2.48. The molecule has 3 nitrogen and oxygen atoms in total. The molecule has 0 aliphatic rings. The predicted molar refractivity (Wildman–Crippen MR) is 52.8 cm³/mol. The summed E-state index contributed by atoms with van der Waals surface area (Å²) in [5.41, 5.74) is 0. The molecule has 0 amide bonds. The molecule has 12 heavy (non-hydrogen) atoms. The van der Waals surface area contributed by atoms with Crippen LogP contribution in [0.4, 0.5) is 5.13 Å².